The van der Waals surface area contributed by atoms with Gasteiger partial charge in [-0.2, -0.15) is 0 Å². The number of hydrogen-bond donors (Lipinski definition) is 1. The van der Waals surface area contributed by atoms with Crippen LogP contribution >= 0.6 is 0 Å². The molecule has 2 rings (SSSR count). The fourth-order valence-electron chi connectivity index (χ4n) is 2.32. The molecule has 0 aliphatic rings. The molecular weight excluding hydrogens is 272 g/mol. The zero-order chi connectivity index (χ0) is 15.4. The highest BCUT2D eigenvalue weighted by Gasteiger charge is 2.17. The van der Waals surface area contributed by atoms with Gasteiger partial charge in [-0.25, -0.2) is 8.78 Å². The molecule has 0 aromatic heterocycles. The number of aryl methyl sites for hydroxylation is 1. The van der Waals surface area contributed by atoms with Crippen molar-refractivity contribution in [3.8, 4) is 0 Å². The second-order valence-electron chi connectivity index (χ2n) is 5.06. The molecule has 0 radical (unpaired) electrons. The Bertz CT molecular complexity index is 615. The van der Waals surface area contributed by atoms with Gasteiger partial charge in [0.25, 0.3) is 0 Å². The van der Waals surface area contributed by atoms with Gasteiger partial charge in [0.05, 0.1) is 6.10 Å². The fourth-order valence-corrected chi connectivity index (χ4v) is 2.32. The van der Waals surface area contributed by atoms with E-state index in [0.717, 1.165) is 29.4 Å². The maximum absolute atomic E-state index is 13.7. The van der Waals surface area contributed by atoms with E-state index in [-0.39, 0.29) is 12.1 Å². The number of nitrogens with zero attached hydrogens (tertiary/aromatic N) is 1. The van der Waals surface area contributed by atoms with Crippen molar-refractivity contribution in [3.63, 3.8) is 0 Å². The molecule has 2 aromatic carbocycles. The van der Waals surface area contributed by atoms with Gasteiger partial charge in [-0.15, -0.1) is 0 Å². The van der Waals surface area contributed by atoms with Gasteiger partial charge in [0, 0.05) is 24.3 Å². The average molecular weight is 291 g/mol. The third kappa shape index (κ3) is 3.79. The van der Waals surface area contributed by atoms with Crippen LogP contribution in [0.15, 0.2) is 42.5 Å². The maximum atomic E-state index is 13.7. The van der Waals surface area contributed by atoms with Gasteiger partial charge in [0.1, 0.15) is 11.6 Å². The van der Waals surface area contributed by atoms with E-state index >= 15 is 0 Å². The molecule has 1 atom stereocenters. The number of hydrogen-bond acceptors (Lipinski definition) is 2. The van der Waals surface area contributed by atoms with E-state index in [9.17, 15) is 13.9 Å². The van der Waals surface area contributed by atoms with Crippen LogP contribution in [0.2, 0.25) is 0 Å². The number of halogens is 2. The predicted molar refractivity (Wildman–Crippen MR) is 80.4 cm³/mol. The minimum atomic E-state index is -1.08. The Balaban J connectivity index is 2.20. The van der Waals surface area contributed by atoms with E-state index in [1.54, 1.807) is 0 Å². The second-order valence-corrected chi connectivity index (χ2v) is 5.06. The standard InChI is InChI=1S/C17H19F2NO/c1-3-20(14-6-4-5-12(2)9-14)11-17(21)15-10-13(18)7-8-16(15)19/h4-10,17,21H,3,11H2,1-2H3. The van der Waals surface area contributed by atoms with E-state index in [4.69, 9.17) is 0 Å². The highest BCUT2D eigenvalue weighted by Crippen LogP contribution is 2.23. The summed E-state index contributed by atoms with van der Waals surface area (Å²) in [4.78, 5) is 1.93. The molecule has 0 bridgehead atoms. The second kappa shape index (κ2) is 6.68. The zero-order valence-corrected chi connectivity index (χ0v) is 12.2. The summed E-state index contributed by atoms with van der Waals surface area (Å²) in [5.74, 6) is -1.15. The number of rotatable bonds is 5. The minimum Gasteiger partial charge on any atom is -0.386 e. The van der Waals surface area contributed by atoms with Gasteiger partial charge in [-0.1, -0.05) is 12.1 Å². The van der Waals surface area contributed by atoms with E-state index in [1.165, 1.54) is 0 Å². The van der Waals surface area contributed by atoms with Gasteiger partial charge in [0.2, 0.25) is 0 Å². The first kappa shape index (κ1) is 15.4. The van der Waals surface area contributed by atoms with Crippen LogP contribution in [0.4, 0.5) is 14.5 Å². The first-order chi connectivity index (χ1) is 10.0. The lowest BCUT2D eigenvalue weighted by molar-refractivity contribution is 0.178. The molecule has 0 aliphatic heterocycles. The molecule has 2 nitrogen and oxygen atoms in total. The third-order valence-corrected chi connectivity index (χ3v) is 3.46. The molecule has 1 N–H and O–H groups in total. The average Bonchev–Trinajstić information content (AvgIpc) is 2.47. The molecule has 0 saturated heterocycles. The SMILES string of the molecule is CCN(CC(O)c1cc(F)ccc1F)c1cccc(C)c1. The van der Waals surface area contributed by atoms with Crippen molar-refractivity contribution in [2.45, 2.75) is 20.0 Å². The van der Waals surface area contributed by atoms with Gasteiger partial charge >= 0.3 is 0 Å². The zero-order valence-electron chi connectivity index (χ0n) is 12.2. The van der Waals surface area contributed by atoms with Crippen LogP contribution in [0, 0.1) is 18.6 Å². The summed E-state index contributed by atoms with van der Waals surface area (Å²) in [6, 6.07) is 11.0. The Morgan fingerprint density at radius 3 is 2.57 bits per heavy atom. The maximum Gasteiger partial charge on any atom is 0.129 e. The molecule has 21 heavy (non-hydrogen) atoms. The van der Waals surface area contributed by atoms with Crippen molar-refractivity contribution >= 4 is 5.69 Å². The molecular formula is C17H19F2NO. The lowest BCUT2D eigenvalue weighted by atomic mass is 10.1. The summed E-state index contributed by atoms with van der Waals surface area (Å²) in [5.41, 5.74) is 2.05. The Kier molecular flexibility index (Phi) is 4.91. The fraction of sp³-hybridized carbons (Fsp3) is 0.294. The summed E-state index contributed by atoms with van der Waals surface area (Å²) in [7, 11) is 0. The Morgan fingerprint density at radius 2 is 1.90 bits per heavy atom. The minimum absolute atomic E-state index is 0.0129. The Labute approximate surface area is 123 Å². The highest BCUT2D eigenvalue weighted by molar-refractivity contribution is 5.48. The van der Waals surface area contributed by atoms with Crippen molar-refractivity contribution < 1.29 is 13.9 Å². The molecule has 0 saturated carbocycles. The number of likely N-dealkylation sites (N-methyl/N-ethyl adjacent to an activating group) is 1. The van der Waals surface area contributed by atoms with Crippen LogP contribution in [0.1, 0.15) is 24.2 Å². The van der Waals surface area contributed by atoms with E-state index in [2.05, 4.69) is 0 Å². The summed E-state index contributed by atoms with van der Waals surface area (Å²) in [6.45, 7) is 4.81. The normalized spacial score (nSPS) is 12.2. The summed E-state index contributed by atoms with van der Waals surface area (Å²) >= 11 is 0. The lowest BCUT2D eigenvalue weighted by Crippen LogP contribution is -2.28. The van der Waals surface area contributed by atoms with Crippen molar-refractivity contribution in [1.82, 2.24) is 0 Å². The first-order valence-electron chi connectivity index (χ1n) is 6.96. The van der Waals surface area contributed by atoms with E-state index < -0.39 is 17.7 Å². The van der Waals surface area contributed by atoms with Crippen LogP contribution in [-0.2, 0) is 0 Å². The molecule has 0 spiro atoms. The molecule has 4 heteroatoms. The van der Waals surface area contributed by atoms with Gasteiger partial charge in [-0.05, 0) is 49.7 Å². The molecule has 1 unspecified atom stereocenters. The van der Waals surface area contributed by atoms with Gasteiger partial charge in [0.15, 0.2) is 0 Å². The molecule has 2 aromatic rings. The Morgan fingerprint density at radius 1 is 1.14 bits per heavy atom. The predicted octanol–water partition coefficient (Wildman–Crippen LogP) is 3.83. The largest absolute Gasteiger partial charge is 0.386 e. The lowest BCUT2D eigenvalue weighted by Gasteiger charge is -2.26. The molecule has 0 fully saturated rings. The van der Waals surface area contributed by atoms with Crippen molar-refractivity contribution in [3.05, 3.63) is 65.2 Å². The summed E-state index contributed by atoms with van der Waals surface area (Å²) in [5, 5.41) is 10.2. The number of aliphatic hydroxyl groups is 1. The summed E-state index contributed by atoms with van der Waals surface area (Å²) in [6.07, 6.45) is -1.08. The highest BCUT2D eigenvalue weighted by atomic mass is 19.1. The quantitative estimate of drug-likeness (QED) is 0.905. The Hall–Kier alpha value is -1.94. The number of anilines is 1. The van der Waals surface area contributed by atoms with Crippen LogP contribution < -0.4 is 4.90 Å². The third-order valence-electron chi connectivity index (χ3n) is 3.46. The topological polar surface area (TPSA) is 23.5 Å². The van der Waals surface area contributed by atoms with Crippen molar-refractivity contribution in [2.75, 3.05) is 18.0 Å². The summed E-state index contributed by atoms with van der Waals surface area (Å²) < 4.78 is 26.9. The van der Waals surface area contributed by atoms with Gasteiger partial charge in [-0.3, -0.25) is 0 Å². The van der Waals surface area contributed by atoms with E-state index in [1.807, 2.05) is 43.0 Å². The first-order valence-corrected chi connectivity index (χ1v) is 6.96. The van der Waals surface area contributed by atoms with E-state index in [0.29, 0.717) is 6.54 Å². The molecule has 0 heterocycles. The van der Waals surface area contributed by atoms with Crippen LogP contribution in [0.5, 0.6) is 0 Å². The molecule has 0 aliphatic carbocycles. The van der Waals surface area contributed by atoms with Crippen molar-refractivity contribution in [1.29, 1.82) is 0 Å². The van der Waals surface area contributed by atoms with Crippen molar-refractivity contribution in [2.24, 2.45) is 0 Å². The monoisotopic (exact) mass is 291 g/mol. The molecule has 112 valence electrons. The van der Waals surface area contributed by atoms with Gasteiger partial charge < -0.3 is 10.0 Å². The van der Waals surface area contributed by atoms with Crippen LogP contribution in [0.25, 0.3) is 0 Å². The number of aliphatic hydroxyl groups excluding tert-OH is 1. The van der Waals surface area contributed by atoms with Crippen LogP contribution in [0.3, 0.4) is 0 Å². The smallest absolute Gasteiger partial charge is 0.129 e. The molecule has 0 amide bonds. The number of benzene rings is 2. The van der Waals surface area contributed by atoms with Crippen LogP contribution in [-0.4, -0.2) is 18.2 Å².